The van der Waals surface area contributed by atoms with Gasteiger partial charge in [0.2, 0.25) is 5.91 Å². The molecule has 0 heterocycles. The van der Waals surface area contributed by atoms with E-state index in [1.54, 1.807) is 0 Å². The molecule has 0 spiro atoms. The number of nitrogens with zero attached hydrogens (tertiary/aromatic N) is 1. The van der Waals surface area contributed by atoms with Crippen LogP contribution in [0.15, 0.2) is 18.2 Å². The van der Waals surface area contributed by atoms with Crippen LogP contribution in [-0.4, -0.2) is 32.1 Å². The number of aryl methyl sites for hydroxylation is 2. The first-order valence-electron chi connectivity index (χ1n) is 6.76. The van der Waals surface area contributed by atoms with Crippen molar-refractivity contribution in [2.75, 3.05) is 25.0 Å². The molecule has 0 bridgehead atoms. The van der Waals surface area contributed by atoms with Crippen LogP contribution < -0.4 is 16.0 Å². The minimum atomic E-state index is -0.282. The predicted molar refractivity (Wildman–Crippen MR) is 80.5 cm³/mol. The van der Waals surface area contributed by atoms with E-state index in [1.807, 2.05) is 14.0 Å². The van der Waals surface area contributed by atoms with Gasteiger partial charge in [0.1, 0.15) is 0 Å². The molecule has 1 aromatic carbocycles. The molecule has 0 radical (unpaired) electrons. The van der Waals surface area contributed by atoms with Gasteiger partial charge in [-0.2, -0.15) is 0 Å². The fourth-order valence-corrected chi connectivity index (χ4v) is 2.21. The molecule has 4 heteroatoms. The molecule has 1 amide bonds. The summed E-state index contributed by atoms with van der Waals surface area (Å²) in [6.45, 7) is 7.71. The summed E-state index contributed by atoms with van der Waals surface area (Å²) in [5.41, 5.74) is 9.05. The van der Waals surface area contributed by atoms with Crippen LogP contribution >= 0.6 is 0 Å². The first-order chi connectivity index (χ1) is 8.93. The number of nitrogens with two attached hydrogens (primary N) is 1. The average Bonchev–Trinajstić information content (AvgIpc) is 2.32. The number of carbonyl (C=O) groups is 1. The Hall–Kier alpha value is -1.55. The molecule has 0 aromatic heterocycles. The highest BCUT2D eigenvalue weighted by Gasteiger charge is 2.14. The molecule has 0 aliphatic carbocycles. The number of amides is 1. The van der Waals surface area contributed by atoms with Gasteiger partial charge in [-0.25, -0.2) is 0 Å². The van der Waals surface area contributed by atoms with Crippen molar-refractivity contribution < 1.29 is 4.79 Å². The Morgan fingerprint density at radius 2 is 1.89 bits per heavy atom. The first kappa shape index (κ1) is 15.5. The number of anilines is 1. The quantitative estimate of drug-likeness (QED) is 0.785. The highest BCUT2D eigenvalue weighted by molar-refractivity contribution is 5.79. The lowest BCUT2D eigenvalue weighted by atomic mass is 10.1. The zero-order valence-corrected chi connectivity index (χ0v) is 12.4. The van der Waals surface area contributed by atoms with Gasteiger partial charge in [-0.15, -0.1) is 0 Å². The lowest BCUT2D eigenvalue weighted by Gasteiger charge is -2.23. The Labute approximate surface area is 116 Å². The molecule has 0 saturated heterocycles. The van der Waals surface area contributed by atoms with Crippen LogP contribution in [-0.2, 0) is 4.79 Å². The Morgan fingerprint density at radius 1 is 1.32 bits per heavy atom. The van der Waals surface area contributed by atoms with Gasteiger partial charge in [0, 0.05) is 19.3 Å². The Kier molecular flexibility index (Phi) is 5.83. The van der Waals surface area contributed by atoms with Gasteiger partial charge in [0.15, 0.2) is 0 Å². The molecular formula is C15H25N3O. The molecule has 0 fully saturated rings. The van der Waals surface area contributed by atoms with Crippen molar-refractivity contribution in [3.63, 3.8) is 0 Å². The van der Waals surface area contributed by atoms with Crippen molar-refractivity contribution in [1.82, 2.24) is 5.32 Å². The summed E-state index contributed by atoms with van der Waals surface area (Å²) >= 11 is 0. The summed E-state index contributed by atoms with van der Waals surface area (Å²) in [7, 11) is 2.04. The molecule has 1 atom stereocenters. The van der Waals surface area contributed by atoms with Crippen molar-refractivity contribution in [1.29, 1.82) is 0 Å². The third kappa shape index (κ3) is 4.91. The van der Waals surface area contributed by atoms with Crippen LogP contribution in [0.3, 0.4) is 0 Å². The minimum absolute atomic E-state index is 0.252. The van der Waals surface area contributed by atoms with Crippen LogP contribution in [0.2, 0.25) is 0 Å². The second-order valence-corrected chi connectivity index (χ2v) is 5.07. The average molecular weight is 263 g/mol. The summed E-state index contributed by atoms with van der Waals surface area (Å²) in [6, 6.07) is 6.21. The summed E-state index contributed by atoms with van der Waals surface area (Å²) in [4.78, 5) is 13.4. The van der Waals surface area contributed by atoms with E-state index in [1.165, 1.54) is 16.8 Å². The Bertz CT molecular complexity index is 411. The summed E-state index contributed by atoms with van der Waals surface area (Å²) in [5, 5.41) is 3.11. The highest BCUT2D eigenvalue weighted by Crippen LogP contribution is 2.17. The maximum Gasteiger partial charge on any atom is 0.234 e. The van der Waals surface area contributed by atoms with Crippen LogP contribution in [0.5, 0.6) is 0 Å². The number of nitrogens with one attached hydrogen (secondary N) is 1. The van der Waals surface area contributed by atoms with Gasteiger partial charge in [0.25, 0.3) is 0 Å². The maximum atomic E-state index is 11.3. The van der Waals surface area contributed by atoms with E-state index in [4.69, 9.17) is 5.73 Å². The SMILES string of the molecule is CCNC(CCN(C)c1cc(C)cc(C)c1)C(N)=O. The molecule has 0 saturated carbocycles. The Balaban J connectivity index is 2.63. The lowest BCUT2D eigenvalue weighted by molar-refractivity contribution is -0.120. The molecule has 3 N–H and O–H groups in total. The van der Waals surface area contributed by atoms with Crippen molar-refractivity contribution in [3.05, 3.63) is 29.3 Å². The smallest absolute Gasteiger partial charge is 0.234 e. The highest BCUT2D eigenvalue weighted by atomic mass is 16.1. The number of rotatable bonds is 7. The van der Waals surface area contributed by atoms with Crippen LogP contribution in [0.1, 0.15) is 24.5 Å². The number of primary amides is 1. The molecule has 1 unspecified atom stereocenters. The third-order valence-electron chi connectivity index (χ3n) is 3.19. The van der Waals surface area contributed by atoms with Gasteiger partial charge in [-0.3, -0.25) is 4.79 Å². The van der Waals surface area contributed by atoms with Crippen molar-refractivity contribution >= 4 is 11.6 Å². The third-order valence-corrected chi connectivity index (χ3v) is 3.19. The van der Waals surface area contributed by atoms with E-state index in [9.17, 15) is 4.79 Å². The van der Waals surface area contributed by atoms with Crippen molar-refractivity contribution in [2.45, 2.75) is 33.2 Å². The number of hydrogen-bond acceptors (Lipinski definition) is 3. The fraction of sp³-hybridized carbons (Fsp3) is 0.533. The molecule has 4 nitrogen and oxygen atoms in total. The number of hydrogen-bond donors (Lipinski definition) is 2. The second kappa shape index (κ2) is 7.14. The monoisotopic (exact) mass is 263 g/mol. The first-order valence-corrected chi connectivity index (χ1v) is 6.76. The topological polar surface area (TPSA) is 58.4 Å². The van der Waals surface area contributed by atoms with Crippen LogP contribution in [0.4, 0.5) is 5.69 Å². The van der Waals surface area contributed by atoms with E-state index >= 15 is 0 Å². The van der Waals surface area contributed by atoms with Crippen molar-refractivity contribution in [3.8, 4) is 0 Å². The largest absolute Gasteiger partial charge is 0.375 e. The van der Waals surface area contributed by atoms with E-state index in [0.29, 0.717) is 6.42 Å². The van der Waals surface area contributed by atoms with E-state index < -0.39 is 0 Å². The van der Waals surface area contributed by atoms with Gasteiger partial charge in [0.05, 0.1) is 6.04 Å². The molecule has 0 aliphatic heterocycles. The lowest BCUT2D eigenvalue weighted by Crippen LogP contribution is -2.43. The zero-order valence-electron chi connectivity index (χ0n) is 12.4. The zero-order chi connectivity index (χ0) is 14.4. The molecular weight excluding hydrogens is 238 g/mol. The van der Waals surface area contributed by atoms with E-state index in [2.05, 4.69) is 42.3 Å². The van der Waals surface area contributed by atoms with Gasteiger partial charge < -0.3 is 16.0 Å². The summed E-state index contributed by atoms with van der Waals surface area (Å²) in [5.74, 6) is -0.282. The standard InChI is InChI=1S/C15H25N3O/c1-5-17-14(15(16)19)6-7-18(4)13-9-11(2)8-12(3)10-13/h8-10,14,17H,5-7H2,1-4H3,(H2,16,19). The van der Waals surface area contributed by atoms with Crippen molar-refractivity contribution in [2.24, 2.45) is 5.73 Å². The number of likely N-dealkylation sites (N-methyl/N-ethyl adjacent to an activating group) is 1. The van der Waals surface area contributed by atoms with E-state index in [0.717, 1.165) is 13.1 Å². The fourth-order valence-electron chi connectivity index (χ4n) is 2.21. The van der Waals surface area contributed by atoms with Crippen LogP contribution in [0, 0.1) is 13.8 Å². The maximum absolute atomic E-state index is 11.3. The van der Waals surface area contributed by atoms with Gasteiger partial charge in [-0.1, -0.05) is 13.0 Å². The predicted octanol–water partition coefficient (Wildman–Crippen LogP) is 1.59. The second-order valence-electron chi connectivity index (χ2n) is 5.07. The summed E-state index contributed by atoms with van der Waals surface area (Å²) < 4.78 is 0. The molecule has 19 heavy (non-hydrogen) atoms. The minimum Gasteiger partial charge on any atom is -0.375 e. The Morgan fingerprint density at radius 3 is 2.37 bits per heavy atom. The van der Waals surface area contributed by atoms with Gasteiger partial charge >= 0.3 is 0 Å². The normalized spacial score (nSPS) is 12.2. The number of carbonyl (C=O) groups excluding carboxylic acids is 1. The van der Waals surface area contributed by atoms with E-state index in [-0.39, 0.29) is 11.9 Å². The summed E-state index contributed by atoms with van der Waals surface area (Å²) in [6.07, 6.45) is 0.715. The van der Waals surface area contributed by atoms with Gasteiger partial charge in [-0.05, 0) is 50.1 Å². The number of benzene rings is 1. The molecule has 106 valence electrons. The molecule has 0 aliphatic rings. The molecule has 1 aromatic rings. The molecule has 1 rings (SSSR count). The van der Waals surface area contributed by atoms with Crippen LogP contribution in [0.25, 0.3) is 0 Å².